The summed E-state index contributed by atoms with van der Waals surface area (Å²) in [6, 6.07) is 8.30. The van der Waals surface area contributed by atoms with E-state index < -0.39 is 0 Å². The second-order valence-electron chi connectivity index (χ2n) is 4.43. The second-order valence-corrected chi connectivity index (χ2v) is 4.77. The molecule has 100 valence electrons. The van der Waals surface area contributed by atoms with Crippen LogP contribution < -0.4 is 4.74 Å². The third-order valence-corrected chi connectivity index (χ3v) is 2.69. The van der Waals surface area contributed by atoms with Crippen molar-refractivity contribution >= 4 is 11.6 Å². The Hall–Kier alpha value is -1.68. The van der Waals surface area contributed by atoms with Crippen molar-refractivity contribution in [3.8, 4) is 17.4 Å². The second kappa shape index (κ2) is 5.97. The Bertz CT molecular complexity index is 572. The SMILES string of the molecule is CCc1cccc(-c2nc(Cl)nc(OC(C)C)n2)c1. The van der Waals surface area contributed by atoms with Gasteiger partial charge < -0.3 is 4.74 Å². The summed E-state index contributed by atoms with van der Waals surface area (Å²) in [5, 5.41) is 0.141. The summed E-state index contributed by atoms with van der Waals surface area (Å²) in [5.74, 6) is 0.533. The molecule has 0 saturated carbocycles. The van der Waals surface area contributed by atoms with Crippen molar-refractivity contribution in [1.29, 1.82) is 0 Å². The van der Waals surface area contributed by atoms with Crippen LogP contribution in [-0.4, -0.2) is 21.1 Å². The molecular weight excluding hydrogens is 262 g/mol. The third kappa shape index (κ3) is 3.64. The Balaban J connectivity index is 2.40. The molecule has 0 spiro atoms. The van der Waals surface area contributed by atoms with E-state index >= 15 is 0 Å². The van der Waals surface area contributed by atoms with Gasteiger partial charge in [-0.25, -0.2) is 0 Å². The monoisotopic (exact) mass is 277 g/mol. The predicted octanol–water partition coefficient (Wildman–Crippen LogP) is 3.54. The molecule has 0 saturated heterocycles. The number of hydrogen-bond donors (Lipinski definition) is 0. The minimum Gasteiger partial charge on any atom is -0.461 e. The molecule has 0 aliphatic rings. The Labute approximate surface area is 117 Å². The molecule has 19 heavy (non-hydrogen) atoms. The fourth-order valence-electron chi connectivity index (χ4n) is 1.65. The third-order valence-electron chi connectivity index (χ3n) is 2.52. The van der Waals surface area contributed by atoms with Crippen LogP contribution in [0.25, 0.3) is 11.4 Å². The van der Waals surface area contributed by atoms with Gasteiger partial charge in [-0.3, -0.25) is 0 Å². The number of ether oxygens (including phenoxy) is 1. The van der Waals surface area contributed by atoms with E-state index in [1.54, 1.807) is 0 Å². The molecular formula is C14H16ClN3O. The molecule has 1 heterocycles. The van der Waals surface area contributed by atoms with Crippen LogP contribution in [0.5, 0.6) is 6.01 Å². The number of benzene rings is 1. The van der Waals surface area contributed by atoms with Crippen molar-refractivity contribution in [1.82, 2.24) is 15.0 Å². The first-order valence-corrected chi connectivity index (χ1v) is 6.64. The first-order valence-electron chi connectivity index (χ1n) is 6.26. The number of rotatable bonds is 4. The zero-order chi connectivity index (χ0) is 13.8. The molecule has 0 fully saturated rings. The van der Waals surface area contributed by atoms with Gasteiger partial charge in [-0.15, -0.1) is 0 Å². The first-order chi connectivity index (χ1) is 9.08. The van der Waals surface area contributed by atoms with Gasteiger partial charge in [-0.2, -0.15) is 15.0 Å². The highest BCUT2D eigenvalue weighted by molar-refractivity contribution is 6.28. The largest absolute Gasteiger partial charge is 0.461 e. The molecule has 2 rings (SSSR count). The van der Waals surface area contributed by atoms with Gasteiger partial charge in [0.05, 0.1) is 6.10 Å². The van der Waals surface area contributed by atoms with Gasteiger partial charge in [-0.1, -0.05) is 25.1 Å². The number of nitrogens with zero attached hydrogens (tertiary/aromatic N) is 3. The maximum atomic E-state index is 5.91. The molecule has 0 atom stereocenters. The smallest absolute Gasteiger partial charge is 0.321 e. The molecule has 1 aromatic carbocycles. The molecule has 0 amide bonds. The van der Waals surface area contributed by atoms with Crippen molar-refractivity contribution < 1.29 is 4.74 Å². The van der Waals surface area contributed by atoms with E-state index in [1.165, 1.54) is 5.56 Å². The van der Waals surface area contributed by atoms with Crippen LogP contribution in [0.1, 0.15) is 26.3 Å². The van der Waals surface area contributed by atoms with Gasteiger partial charge >= 0.3 is 6.01 Å². The fraction of sp³-hybridized carbons (Fsp3) is 0.357. The van der Waals surface area contributed by atoms with E-state index in [4.69, 9.17) is 16.3 Å². The van der Waals surface area contributed by atoms with Crippen LogP contribution in [0.15, 0.2) is 24.3 Å². The average molecular weight is 278 g/mol. The minimum absolute atomic E-state index is 0.00621. The molecule has 1 aromatic heterocycles. The quantitative estimate of drug-likeness (QED) is 0.858. The average Bonchev–Trinajstić information content (AvgIpc) is 2.37. The van der Waals surface area contributed by atoms with Crippen LogP contribution in [-0.2, 0) is 6.42 Å². The summed E-state index contributed by atoms with van der Waals surface area (Å²) in [6.07, 6.45) is 0.954. The van der Waals surface area contributed by atoms with Gasteiger partial charge in [0.15, 0.2) is 5.82 Å². The highest BCUT2D eigenvalue weighted by Gasteiger charge is 2.09. The Morgan fingerprint density at radius 2 is 2.00 bits per heavy atom. The highest BCUT2D eigenvalue weighted by atomic mass is 35.5. The summed E-state index contributed by atoms with van der Waals surface area (Å²) < 4.78 is 5.47. The van der Waals surface area contributed by atoms with E-state index in [1.807, 2.05) is 32.0 Å². The Kier molecular flexibility index (Phi) is 4.32. The summed E-state index contributed by atoms with van der Waals surface area (Å²) in [6.45, 7) is 5.93. The Morgan fingerprint density at radius 3 is 2.68 bits per heavy atom. The zero-order valence-corrected chi connectivity index (χ0v) is 12.0. The van der Waals surface area contributed by atoms with E-state index in [2.05, 4.69) is 27.9 Å². The summed E-state index contributed by atoms with van der Waals surface area (Å²) >= 11 is 5.91. The van der Waals surface area contributed by atoms with E-state index in [0.717, 1.165) is 12.0 Å². The Morgan fingerprint density at radius 1 is 1.21 bits per heavy atom. The minimum atomic E-state index is -0.00621. The highest BCUT2D eigenvalue weighted by Crippen LogP contribution is 2.20. The molecule has 0 bridgehead atoms. The standard InChI is InChI=1S/C14H16ClN3O/c1-4-10-6-5-7-11(8-10)12-16-13(15)18-14(17-12)19-9(2)3/h5-9H,4H2,1-3H3. The van der Waals surface area contributed by atoms with Gasteiger partial charge in [-0.05, 0) is 43.5 Å². The number of aryl methyl sites for hydroxylation is 1. The number of aromatic nitrogens is 3. The normalized spacial score (nSPS) is 10.8. The van der Waals surface area contributed by atoms with E-state index in [0.29, 0.717) is 5.82 Å². The summed E-state index contributed by atoms with van der Waals surface area (Å²) in [4.78, 5) is 12.4. The maximum Gasteiger partial charge on any atom is 0.321 e. The molecule has 5 heteroatoms. The lowest BCUT2D eigenvalue weighted by Gasteiger charge is -2.09. The summed E-state index contributed by atoms with van der Waals surface area (Å²) in [5.41, 5.74) is 2.14. The van der Waals surface area contributed by atoms with Crippen molar-refractivity contribution in [2.75, 3.05) is 0 Å². The molecule has 0 N–H and O–H groups in total. The molecule has 0 unspecified atom stereocenters. The van der Waals surface area contributed by atoms with E-state index in [9.17, 15) is 0 Å². The lowest BCUT2D eigenvalue weighted by Crippen LogP contribution is -2.09. The molecule has 0 aliphatic heterocycles. The first kappa shape index (κ1) is 13.7. The lowest BCUT2D eigenvalue weighted by molar-refractivity contribution is 0.222. The summed E-state index contributed by atoms with van der Waals surface area (Å²) in [7, 11) is 0. The van der Waals surface area contributed by atoms with Crippen LogP contribution in [0.2, 0.25) is 5.28 Å². The van der Waals surface area contributed by atoms with Gasteiger partial charge in [0.25, 0.3) is 0 Å². The zero-order valence-electron chi connectivity index (χ0n) is 11.2. The van der Waals surface area contributed by atoms with Gasteiger partial charge in [0.2, 0.25) is 5.28 Å². The van der Waals surface area contributed by atoms with Crippen molar-refractivity contribution in [3.05, 3.63) is 35.1 Å². The van der Waals surface area contributed by atoms with Gasteiger partial charge in [0.1, 0.15) is 0 Å². The van der Waals surface area contributed by atoms with Crippen LogP contribution in [0, 0.1) is 0 Å². The lowest BCUT2D eigenvalue weighted by atomic mass is 10.1. The number of halogens is 1. The molecule has 4 nitrogen and oxygen atoms in total. The van der Waals surface area contributed by atoms with Crippen LogP contribution in [0.3, 0.4) is 0 Å². The van der Waals surface area contributed by atoms with E-state index in [-0.39, 0.29) is 17.4 Å². The molecule has 2 aromatic rings. The fourth-order valence-corrected chi connectivity index (χ4v) is 1.81. The van der Waals surface area contributed by atoms with Gasteiger partial charge in [0, 0.05) is 5.56 Å². The van der Waals surface area contributed by atoms with Crippen LogP contribution >= 0.6 is 11.6 Å². The predicted molar refractivity (Wildman–Crippen MR) is 75.4 cm³/mol. The topological polar surface area (TPSA) is 47.9 Å². The van der Waals surface area contributed by atoms with Crippen molar-refractivity contribution in [2.24, 2.45) is 0 Å². The maximum absolute atomic E-state index is 5.91. The van der Waals surface area contributed by atoms with Crippen molar-refractivity contribution in [2.45, 2.75) is 33.3 Å². The van der Waals surface area contributed by atoms with Crippen LogP contribution in [0.4, 0.5) is 0 Å². The molecule has 0 radical (unpaired) electrons. The van der Waals surface area contributed by atoms with Crippen molar-refractivity contribution in [3.63, 3.8) is 0 Å². The number of hydrogen-bond acceptors (Lipinski definition) is 4. The molecule has 0 aliphatic carbocycles.